The summed E-state index contributed by atoms with van der Waals surface area (Å²) in [6.45, 7) is 9.43. The van der Waals surface area contributed by atoms with Gasteiger partial charge in [-0.2, -0.15) is 0 Å². The Kier molecular flexibility index (Phi) is 3.78. The number of amides is 1. The van der Waals surface area contributed by atoms with Gasteiger partial charge in [-0.1, -0.05) is 27.7 Å². The third-order valence-electron chi connectivity index (χ3n) is 4.59. The minimum atomic E-state index is -0.221. The molecule has 0 spiro atoms. The fraction of sp³-hybridized carbons (Fsp3) is 0.562. The van der Waals surface area contributed by atoms with E-state index in [9.17, 15) is 9.90 Å². The maximum Gasteiger partial charge on any atom is 0.251 e. The third kappa shape index (κ3) is 2.66. The molecule has 2 rings (SSSR count). The van der Waals surface area contributed by atoms with E-state index in [0.717, 1.165) is 16.9 Å². The number of nitrogens with one attached hydrogen (secondary N) is 1. The molecule has 0 aliphatic carbocycles. The van der Waals surface area contributed by atoms with Gasteiger partial charge in [-0.15, -0.1) is 0 Å². The molecule has 0 bridgehead atoms. The van der Waals surface area contributed by atoms with Crippen LogP contribution in [0.15, 0.2) is 18.2 Å². The molecule has 110 valence electrons. The summed E-state index contributed by atoms with van der Waals surface area (Å²) in [6, 6.07) is 5.54. The van der Waals surface area contributed by atoms with Crippen LogP contribution in [0.3, 0.4) is 0 Å². The highest BCUT2D eigenvalue weighted by molar-refractivity contribution is 5.98. The number of rotatable bonds is 5. The summed E-state index contributed by atoms with van der Waals surface area (Å²) < 4.78 is 5.87. The summed E-state index contributed by atoms with van der Waals surface area (Å²) in [7, 11) is 0. The van der Waals surface area contributed by atoms with E-state index in [4.69, 9.17) is 4.74 Å². The van der Waals surface area contributed by atoms with E-state index in [2.05, 4.69) is 19.2 Å². The van der Waals surface area contributed by atoms with Gasteiger partial charge in [-0.05, 0) is 29.2 Å². The van der Waals surface area contributed by atoms with Crippen LogP contribution in [0.4, 0.5) is 0 Å². The summed E-state index contributed by atoms with van der Waals surface area (Å²) in [5, 5.41) is 12.3. The fourth-order valence-corrected chi connectivity index (χ4v) is 1.97. The Morgan fingerprint density at radius 2 is 1.95 bits per heavy atom. The minimum Gasteiger partial charge on any atom is -0.493 e. The number of benzene rings is 1. The van der Waals surface area contributed by atoms with Crippen molar-refractivity contribution < 1.29 is 14.6 Å². The van der Waals surface area contributed by atoms with Crippen molar-refractivity contribution in [2.24, 2.45) is 10.8 Å². The molecule has 20 heavy (non-hydrogen) atoms. The van der Waals surface area contributed by atoms with Crippen LogP contribution in [-0.2, 0) is 6.54 Å². The summed E-state index contributed by atoms with van der Waals surface area (Å²) in [4.78, 5) is 11.5. The molecule has 1 aliphatic rings. The smallest absolute Gasteiger partial charge is 0.251 e. The molecule has 0 saturated heterocycles. The Morgan fingerprint density at radius 3 is 2.60 bits per heavy atom. The van der Waals surface area contributed by atoms with Gasteiger partial charge < -0.3 is 15.2 Å². The van der Waals surface area contributed by atoms with Gasteiger partial charge >= 0.3 is 0 Å². The number of ether oxygens (including phenoxy) is 1. The van der Waals surface area contributed by atoms with Gasteiger partial charge in [0.2, 0.25) is 0 Å². The maximum absolute atomic E-state index is 11.5. The van der Waals surface area contributed by atoms with Crippen LogP contribution in [-0.4, -0.2) is 24.2 Å². The molecule has 0 aromatic heterocycles. The molecule has 0 fully saturated rings. The first kappa shape index (κ1) is 14.9. The van der Waals surface area contributed by atoms with E-state index in [1.165, 1.54) is 0 Å². The predicted octanol–water partition coefficient (Wildman–Crippen LogP) is 2.35. The number of hydrogen-bond acceptors (Lipinski definition) is 3. The summed E-state index contributed by atoms with van der Waals surface area (Å²) >= 11 is 0. The lowest BCUT2D eigenvalue weighted by Crippen LogP contribution is -2.40. The van der Waals surface area contributed by atoms with Gasteiger partial charge in [-0.25, -0.2) is 0 Å². The predicted molar refractivity (Wildman–Crippen MR) is 77.8 cm³/mol. The normalized spacial score (nSPS) is 14.9. The highest BCUT2D eigenvalue weighted by Gasteiger charge is 2.37. The average Bonchev–Trinajstić information content (AvgIpc) is 2.77. The highest BCUT2D eigenvalue weighted by Crippen LogP contribution is 2.38. The molecule has 1 aromatic carbocycles. The maximum atomic E-state index is 11.5. The van der Waals surface area contributed by atoms with Crippen molar-refractivity contribution in [1.82, 2.24) is 5.32 Å². The Hall–Kier alpha value is -1.55. The van der Waals surface area contributed by atoms with Crippen molar-refractivity contribution in [3.05, 3.63) is 29.3 Å². The zero-order valence-electron chi connectivity index (χ0n) is 12.6. The molecule has 0 unspecified atom stereocenters. The summed E-state index contributed by atoms with van der Waals surface area (Å²) in [5.41, 5.74) is 1.33. The molecule has 0 radical (unpaired) electrons. The van der Waals surface area contributed by atoms with Gasteiger partial charge in [-0.3, -0.25) is 4.79 Å². The van der Waals surface area contributed by atoms with Crippen LogP contribution < -0.4 is 10.1 Å². The standard InChI is InChI=1S/C16H23NO3/c1-15(2,9-18)16(3,4)10-20-12-5-6-13-11(7-12)8-17-14(13)19/h5-7,18H,8-10H2,1-4H3,(H,17,19). The van der Waals surface area contributed by atoms with E-state index in [1.54, 1.807) is 6.07 Å². The van der Waals surface area contributed by atoms with Gasteiger partial charge in [0.1, 0.15) is 5.75 Å². The number of carbonyl (C=O) groups is 1. The van der Waals surface area contributed by atoms with Crippen LogP contribution in [0.1, 0.15) is 43.6 Å². The second-order valence-electron chi connectivity index (χ2n) is 6.72. The molecule has 2 N–H and O–H groups in total. The third-order valence-corrected chi connectivity index (χ3v) is 4.59. The second kappa shape index (κ2) is 5.09. The zero-order chi connectivity index (χ0) is 15.0. The molecule has 4 heteroatoms. The number of hydrogen-bond donors (Lipinski definition) is 2. The molecule has 4 nitrogen and oxygen atoms in total. The van der Waals surface area contributed by atoms with Gasteiger partial charge in [0, 0.05) is 24.1 Å². The van der Waals surface area contributed by atoms with E-state index in [1.807, 2.05) is 26.0 Å². The Balaban J connectivity index is 2.07. The van der Waals surface area contributed by atoms with E-state index >= 15 is 0 Å². The number of fused-ring (bicyclic) bond motifs is 1. The average molecular weight is 277 g/mol. The first-order chi connectivity index (χ1) is 9.27. The molecule has 1 aliphatic heterocycles. The first-order valence-electron chi connectivity index (χ1n) is 6.92. The molecule has 1 amide bonds. The first-order valence-corrected chi connectivity index (χ1v) is 6.92. The molecule has 1 heterocycles. The van der Waals surface area contributed by atoms with Crippen molar-refractivity contribution in [1.29, 1.82) is 0 Å². The number of aliphatic hydroxyl groups is 1. The van der Waals surface area contributed by atoms with Crippen molar-refractivity contribution in [2.75, 3.05) is 13.2 Å². The lowest BCUT2D eigenvalue weighted by molar-refractivity contribution is 0.00207. The SMILES string of the molecule is CC(C)(CO)C(C)(C)COc1ccc2c(c1)CNC2=O. The summed E-state index contributed by atoms with van der Waals surface area (Å²) in [6.07, 6.45) is 0. The van der Waals surface area contributed by atoms with Gasteiger partial charge in [0.15, 0.2) is 0 Å². The van der Waals surface area contributed by atoms with Crippen LogP contribution in [0.25, 0.3) is 0 Å². The summed E-state index contributed by atoms with van der Waals surface area (Å²) in [5.74, 6) is 0.746. The van der Waals surface area contributed by atoms with E-state index in [-0.39, 0.29) is 23.3 Å². The minimum absolute atomic E-state index is 0.0201. The van der Waals surface area contributed by atoms with Crippen LogP contribution in [0.5, 0.6) is 5.75 Å². The molecular formula is C16H23NO3. The van der Waals surface area contributed by atoms with Crippen molar-refractivity contribution in [2.45, 2.75) is 34.2 Å². The highest BCUT2D eigenvalue weighted by atomic mass is 16.5. The molecule has 1 aromatic rings. The van der Waals surface area contributed by atoms with Crippen molar-refractivity contribution in [3.63, 3.8) is 0 Å². The van der Waals surface area contributed by atoms with Crippen molar-refractivity contribution in [3.8, 4) is 5.75 Å². The lowest BCUT2D eigenvalue weighted by Gasteiger charge is -2.39. The van der Waals surface area contributed by atoms with E-state index < -0.39 is 0 Å². The molecule has 0 saturated carbocycles. The number of carbonyl (C=O) groups excluding carboxylic acids is 1. The van der Waals surface area contributed by atoms with E-state index in [0.29, 0.717) is 13.2 Å². The van der Waals surface area contributed by atoms with Crippen molar-refractivity contribution >= 4 is 5.91 Å². The largest absolute Gasteiger partial charge is 0.493 e. The van der Waals surface area contributed by atoms with Crippen LogP contribution in [0, 0.1) is 10.8 Å². The molecule has 0 atom stereocenters. The quantitative estimate of drug-likeness (QED) is 0.868. The van der Waals surface area contributed by atoms with Gasteiger partial charge in [0.05, 0.1) is 6.61 Å². The monoisotopic (exact) mass is 277 g/mol. The Bertz CT molecular complexity index is 520. The molecular weight excluding hydrogens is 254 g/mol. The zero-order valence-corrected chi connectivity index (χ0v) is 12.6. The number of aliphatic hydroxyl groups excluding tert-OH is 1. The van der Waals surface area contributed by atoms with Crippen LogP contribution in [0.2, 0.25) is 0 Å². The second-order valence-corrected chi connectivity index (χ2v) is 6.72. The van der Waals surface area contributed by atoms with Gasteiger partial charge in [0.25, 0.3) is 5.91 Å². The van der Waals surface area contributed by atoms with Crippen LogP contribution >= 0.6 is 0 Å². The fourth-order valence-electron chi connectivity index (χ4n) is 1.97. The Morgan fingerprint density at radius 1 is 1.25 bits per heavy atom. The Labute approximate surface area is 120 Å². The topological polar surface area (TPSA) is 58.6 Å². The lowest BCUT2D eigenvalue weighted by atomic mass is 9.69.